The summed E-state index contributed by atoms with van der Waals surface area (Å²) in [5.74, 6) is 1.48. The second kappa shape index (κ2) is 11.9. The van der Waals surface area contributed by atoms with Crippen LogP contribution in [0.15, 0.2) is 4.99 Å². The van der Waals surface area contributed by atoms with Crippen LogP contribution in [-0.2, 0) is 18.3 Å². The average Bonchev–Trinajstić information content (AvgIpc) is 3.27. The lowest BCUT2D eigenvalue weighted by Crippen LogP contribution is -2.45. The molecule has 2 heterocycles. The first-order valence-corrected chi connectivity index (χ1v) is 11.3. The lowest BCUT2D eigenvalue weighted by atomic mass is 9.88. The van der Waals surface area contributed by atoms with E-state index in [-0.39, 0.29) is 35.9 Å². The summed E-state index contributed by atoms with van der Waals surface area (Å²) in [5.41, 5.74) is 3.59. The zero-order valence-corrected chi connectivity index (χ0v) is 21.4. The summed E-state index contributed by atoms with van der Waals surface area (Å²) in [6.45, 7) is 9.46. The SMILES string of the molecule is CCNC(=NCCc1c(C)nn(C)c1C)NC1CCN(C(=O)C2CCCCC2)C1.I. The van der Waals surface area contributed by atoms with Gasteiger partial charge in [0.25, 0.3) is 0 Å². The highest BCUT2D eigenvalue weighted by atomic mass is 127. The molecule has 2 fully saturated rings. The molecule has 1 aromatic heterocycles. The lowest BCUT2D eigenvalue weighted by molar-refractivity contribution is -0.135. The molecule has 1 aromatic rings. The number of aromatic nitrogens is 2. The standard InChI is InChI=1S/C22H38N6O.HI/c1-5-23-22(24-13-11-20-16(2)26-27(4)17(20)3)25-19-12-14-28(15-19)21(29)18-9-7-6-8-10-18;/h18-19H,5-15H2,1-4H3,(H2,23,24,25);1H. The fraction of sp³-hybridized carbons (Fsp3) is 0.773. The van der Waals surface area contributed by atoms with Gasteiger partial charge in [-0.05, 0) is 52.0 Å². The van der Waals surface area contributed by atoms with Crippen molar-refractivity contribution < 1.29 is 4.79 Å². The maximum atomic E-state index is 12.8. The van der Waals surface area contributed by atoms with Crippen molar-refractivity contribution in [1.82, 2.24) is 25.3 Å². The molecule has 1 amide bonds. The number of carbonyl (C=O) groups excluding carboxylic acids is 1. The van der Waals surface area contributed by atoms with E-state index in [0.29, 0.717) is 5.91 Å². The van der Waals surface area contributed by atoms with Crippen LogP contribution in [0.3, 0.4) is 0 Å². The Bertz CT molecular complexity index is 725. The summed E-state index contributed by atoms with van der Waals surface area (Å²) in [6.07, 6.45) is 7.73. The zero-order chi connectivity index (χ0) is 20.8. The van der Waals surface area contributed by atoms with Gasteiger partial charge in [0.2, 0.25) is 5.91 Å². The summed E-state index contributed by atoms with van der Waals surface area (Å²) in [5, 5.41) is 11.4. The van der Waals surface area contributed by atoms with Crippen LogP contribution in [0.4, 0.5) is 0 Å². The van der Waals surface area contributed by atoms with E-state index in [1.54, 1.807) is 0 Å². The first kappa shape index (κ1) is 24.9. The van der Waals surface area contributed by atoms with Crippen LogP contribution < -0.4 is 10.6 Å². The summed E-state index contributed by atoms with van der Waals surface area (Å²) >= 11 is 0. The van der Waals surface area contributed by atoms with Gasteiger partial charge in [-0.2, -0.15) is 5.10 Å². The van der Waals surface area contributed by atoms with Gasteiger partial charge in [0.15, 0.2) is 5.96 Å². The molecule has 1 aliphatic carbocycles. The van der Waals surface area contributed by atoms with Crippen molar-refractivity contribution in [3.63, 3.8) is 0 Å². The van der Waals surface area contributed by atoms with Crippen LogP contribution in [0.1, 0.15) is 62.4 Å². The van der Waals surface area contributed by atoms with Gasteiger partial charge in [-0.1, -0.05) is 19.3 Å². The number of amides is 1. The van der Waals surface area contributed by atoms with Crippen molar-refractivity contribution in [1.29, 1.82) is 0 Å². The highest BCUT2D eigenvalue weighted by molar-refractivity contribution is 14.0. The van der Waals surface area contributed by atoms with Crippen LogP contribution in [0, 0.1) is 19.8 Å². The van der Waals surface area contributed by atoms with E-state index < -0.39 is 0 Å². The van der Waals surface area contributed by atoms with E-state index in [1.165, 1.54) is 30.5 Å². The van der Waals surface area contributed by atoms with Crippen molar-refractivity contribution in [2.45, 2.75) is 71.8 Å². The van der Waals surface area contributed by atoms with Gasteiger partial charge in [-0.25, -0.2) is 0 Å². The number of guanidine groups is 1. The summed E-state index contributed by atoms with van der Waals surface area (Å²) in [7, 11) is 1.99. The van der Waals surface area contributed by atoms with Gasteiger partial charge >= 0.3 is 0 Å². The molecule has 1 saturated carbocycles. The van der Waals surface area contributed by atoms with Gasteiger partial charge < -0.3 is 15.5 Å². The van der Waals surface area contributed by atoms with Crippen LogP contribution in [0.5, 0.6) is 0 Å². The Kier molecular flexibility index (Phi) is 9.90. The summed E-state index contributed by atoms with van der Waals surface area (Å²) in [6, 6.07) is 0.280. The highest BCUT2D eigenvalue weighted by Crippen LogP contribution is 2.26. The second-order valence-electron chi connectivity index (χ2n) is 8.53. The highest BCUT2D eigenvalue weighted by Gasteiger charge is 2.31. The number of carbonyl (C=O) groups is 1. The van der Waals surface area contributed by atoms with Crippen molar-refractivity contribution in [2.75, 3.05) is 26.2 Å². The lowest BCUT2D eigenvalue weighted by Gasteiger charge is -2.26. The quantitative estimate of drug-likeness (QED) is 0.337. The van der Waals surface area contributed by atoms with E-state index in [4.69, 9.17) is 4.99 Å². The number of hydrogen-bond acceptors (Lipinski definition) is 3. The number of nitrogens with one attached hydrogen (secondary N) is 2. The third-order valence-electron chi connectivity index (χ3n) is 6.43. The molecule has 1 saturated heterocycles. The maximum Gasteiger partial charge on any atom is 0.225 e. The molecule has 1 atom stereocenters. The number of halogens is 1. The van der Waals surface area contributed by atoms with E-state index in [2.05, 4.69) is 41.4 Å². The molecule has 1 unspecified atom stereocenters. The third-order valence-corrected chi connectivity index (χ3v) is 6.43. The molecule has 30 heavy (non-hydrogen) atoms. The molecule has 0 spiro atoms. The molecule has 7 nitrogen and oxygen atoms in total. The van der Waals surface area contributed by atoms with E-state index in [0.717, 1.165) is 63.5 Å². The van der Waals surface area contributed by atoms with Crippen molar-refractivity contribution >= 4 is 35.8 Å². The number of rotatable bonds is 6. The fourth-order valence-corrected chi connectivity index (χ4v) is 4.66. The monoisotopic (exact) mass is 530 g/mol. The Morgan fingerprint density at radius 2 is 1.93 bits per heavy atom. The molecule has 3 rings (SSSR count). The first-order chi connectivity index (χ1) is 14.0. The Hall–Kier alpha value is -1.32. The molecule has 8 heteroatoms. The molecule has 170 valence electrons. The molecule has 2 aliphatic rings. The van der Waals surface area contributed by atoms with Crippen molar-refractivity contribution in [2.24, 2.45) is 18.0 Å². The Morgan fingerprint density at radius 1 is 1.20 bits per heavy atom. The minimum atomic E-state index is 0. The van der Waals surface area contributed by atoms with E-state index >= 15 is 0 Å². The minimum Gasteiger partial charge on any atom is -0.357 e. The molecule has 0 aromatic carbocycles. The fourth-order valence-electron chi connectivity index (χ4n) is 4.66. The molecular weight excluding hydrogens is 491 g/mol. The molecule has 0 radical (unpaired) electrons. The van der Waals surface area contributed by atoms with Gasteiger partial charge in [0.05, 0.1) is 5.69 Å². The minimum absolute atomic E-state index is 0. The smallest absolute Gasteiger partial charge is 0.225 e. The maximum absolute atomic E-state index is 12.8. The van der Waals surface area contributed by atoms with Crippen LogP contribution in [-0.4, -0.2) is 58.8 Å². The normalized spacial score (nSPS) is 20.2. The van der Waals surface area contributed by atoms with Crippen LogP contribution in [0.25, 0.3) is 0 Å². The zero-order valence-electron chi connectivity index (χ0n) is 19.0. The van der Waals surface area contributed by atoms with Gasteiger partial charge in [0, 0.05) is 50.9 Å². The number of aliphatic imine (C=N–C) groups is 1. The number of aryl methyl sites for hydroxylation is 2. The topological polar surface area (TPSA) is 74.6 Å². The summed E-state index contributed by atoms with van der Waals surface area (Å²) in [4.78, 5) is 19.6. The largest absolute Gasteiger partial charge is 0.357 e. The van der Waals surface area contributed by atoms with Gasteiger partial charge in [-0.3, -0.25) is 14.5 Å². The average molecular weight is 530 g/mol. The summed E-state index contributed by atoms with van der Waals surface area (Å²) < 4.78 is 1.94. The number of hydrogen-bond donors (Lipinski definition) is 2. The van der Waals surface area contributed by atoms with Gasteiger partial charge in [-0.15, -0.1) is 24.0 Å². The predicted octanol–water partition coefficient (Wildman–Crippen LogP) is 2.93. The molecule has 2 N–H and O–H groups in total. The molecule has 1 aliphatic heterocycles. The van der Waals surface area contributed by atoms with Gasteiger partial charge in [0.1, 0.15) is 0 Å². The second-order valence-corrected chi connectivity index (χ2v) is 8.53. The number of nitrogens with zero attached hydrogens (tertiary/aromatic N) is 4. The van der Waals surface area contributed by atoms with Crippen LogP contribution in [0.2, 0.25) is 0 Å². The Balaban J connectivity index is 0.00000320. The first-order valence-electron chi connectivity index (χ1n) is 11.3. The Morgan fingerprint density at radius 3 is 2.57 bits per heavy atom. The van der Waals surface area contributed by atoms with E-state index in [1.807, 2.05) is 11.7 Å². The molecular formula is C22H39IN6O. The Labute approximate surface area is 198 Å². The number of likely N-dealkylation sites (tertiary alicyclic amines) is 1. The van der Waals surface area contributed by atoms with Crippen molar-refractivity contribution in [3.05, 3.63) is 17.0 Å². The molecule has 0 bridgehead atoms. The third kappa shape index (κ3) is 6.34. The predicted molar refractivity (Wildman–Crippen MR) is 132 cm³/mol. The van der Waals surface area contributed by atoms with E-state index in [9.17, 15) is 4.79 Å². The van der Waals surface area contributed by atoms with Crippen molar-refractivity contribution in [3.8, 4) is 0 Å². The van der Waals surface area contributed by atoms with Crippen LogP contribution >= 0.6 is 24.0 Å².